The number of rotatable bonds is 3. The van der Waals surface area contributed by atoms with Crippen molar-refractivity contribution in [3.05, 3.63) is 137 Å². The van der Waals surface area contributed by atoms with Gasteiger partial charge >= 0.3 is 0 Å². The standard InChI is InChI=1S/C58H66BFN4/c1-53(2,3)36-16-20-43-46(30-36)63(38-18-19-39-40(32-38)56(9,10)23-22-55(39,7)8)49-28-35(52-61-26-15-27-62-52)29-50-51(49)59(43)44-21-17-37(54(4,5)6)31-47(44)64(50)48-34-42-41(33-45(48)60)57(11,12)24-25-58(42,13)14/h15-21,26-34H,22-25H2,1-14H3. The zero-order chi connectivity index (χ0) is 45.7. The molecule has 0 fully saturated rings. The fourth-order valence-electron chi connectivity index (χ4n) is 11.5. The van der Waals surface area contributed by atoms with Gasteiger partial charge in [0.2, 0.25) is 0 Å². The molecular weight excluding hydrogens is 782 g/mol. The van der Waals surface area contributed by atoms with Gasteiger partial charge in [-0.2, -0.15) is 0 Å². The molecule has 4 aliphatic rings. The number of nitrogens with zero attached hydrogens (tertiary/aromatic N) is 4. The number of hydrogen-bond donors (Lipinski definition) is 0. The first kappa shape index (κ1) is 42.7. The van der Waals surface area contributed by atoms with Crippen LogP contribution in [0.5, 0.6) is 0 Å². The van der Waals surface area contributed by atoms with Gasteiger partial charge < -0.3 is 9.80 Å². The van der Waals surface area contributed by atoms with Crippen molar-refractivity contribution in [1.29, 1.82) is 0 Å². The van der Waals surface area contributed by atoms with E-state index in [0.29, 0.717) is 11.5 Å². The summed E-state index contributed by atoms with van der Waals surface area (Å²) in [6.45, 7) is 32.4. The largest absolute Gasteiger partial charge is 0.311 e. The normalized spacial score (nSPS) is 18.7. The van der Waals surface area contributed by atoms with Crippen LogP contribution in [0.2, 0.25) is 0 Å². The second-order valence-electron chi connectivity index (χ2n) is 24.3. The van der Waals surface area contributed by atoms with E-state index in [1.54, 1.807) is 0 Å². The summed E-state index contributed by atoms with van der Waals surface area (Å²) in [5.74, 6) is 0.441. The molecule has 10 rings (SSSR count). The van der Waals surface area contributed by atoms with Gasteiger partial charge in [0, 0.05) is 46.4 Å². The molecule has 328 valence electrons. The molecule has 0 saturated carbocycles. The van der Waals surface area contributed by atoms with Crippen LogP contribution in [0, 0.1) is 5.82 Å². The molecule has 5 aromatic carbocycles. The molecule has 4 nitrogen and oxygen atoms in total. The van der Waals surface area contributed by atoms with Crippen molar-refractivity contribution < 1.29 is 4.39 Å². The van der Waals surface area contributed by atoms with Crippen molar-refractivity contribution in [2.75, 3.05) is 9.80 Å². The van der Waals surface area contributed by atoms with E-state index in [9.17, 15) is 0 Å². The van der Waals surface area contributed by atoms with Crippen molar-refractivity contribution in [3.8, 4) is 11.4 Å². The summed E-state index contributed by atoms with van der Waals surface area (Å²) >= 11 is 0. The Kier molecular flexibility index (Phi) is 9.27. The van der Waals surface area contributed by atoms with Gasteiger partial charge in [0.15, 0.2) is 5.82 Å². The van der Waals surface area contributed by atoms with Gasteiger partial charge in [-0.25, -0.2) is 14.4 Å². The molecule has 0 atom stereocenters. The summed E-state index contributed by atoms with van der Waals surface area (Å²) in [7, 11) is 0. The molecule has 0 saturated heterocycles. The van der Waals surface area contributed by atoms with Crippen LogP contribution in [0.1, 0.15) is 156 Å². The predicted octanol–water partition coefficient (Wildman–Crippen LogP) is 13.7. The third-order valence-corrected chi connectivity index (χ3v) is 15.9. The maximum absolute atomic E-state index is 17.8. The SMILES string of the molecule is CC(C)(C)c1ccc2c(c1)N(c1ccc3c(c1)C(C)(C)CCC3(C)C)c1cc(-c3ncccn3)cc3c1B2c1ccc(C(C)(C)C)cc1N3c1cc2c(cc1F)C(C)(C)CCC2(C)C. The molecule has 0 radical (unpaired) electrons. The molecule has 0 bridgehead atoms. The zero-order valence-electron chi connectivity index (χ0n) is 40.8. The zero-order valence-corrected chi connectivity index (χ0v) is 40.8. The van der Waals surface area contributed by atoms with Crippen LogP contribution in [0.15, 0.2) is 97.3 Å². The molecule has 0 spiro atoms. The van der Waals surface area contributed by atoms with Crippen LogP contribution < -0.4 is 26.2 Å². The molecular formula is C58H66BFN4. The van der Waals surface area contributed by atoms with Crippen molar-refractivity contribution >= 4 is 57.2 Å². The molecule has 0 amide bonds. The van der Waals surface area contributed by atoms with Gasteiger partial charge in [0.05, 0.1) is 5.69 Å². The summed E-state index contributed by atoms with van der Waals surface area (Å²) in [5, 5.41) is 0. The fourth-order valence-corrected chi connectivity index (χ4v) is 11.5. The van der Waals surface area contributed by atoms with Crippen molar-refractivity contribution in [2.24, 2.45) is 0 Å². The van der Waals surface area contributed by atoms with Crippen LogP contribution in [0.3, 0.4) is 0 Å². The summed E-state index contributed by atoms with van der Waals surface area (Å²) < 4.78 is 17.8. The summed E-state index contributed by atoms with van der Waals surface area (Å²) in [4.78, 5) is 14.5. The lowest BCUT2D eigenvalue weighted by Crippen LogP contribution is -2.61. The highest BCUT2D eigenvalue weighted by Gasteiger charge is 2.47. The third kappa shape index (κ3) is 6.58. The smallest absolute Gasteiger partial charge is 0.252 e. The predicted molar refractivity (Wildman–Crippen MR) is 269 cm³/mol. The summed E-state index contributed by atoms with van der Waals surface area (Å²) in [6, 6.07) is 31.9. The summed E-state index contributed by atoms with van der Waals surface area (Å²) in [6.07, 6.45) is 7.98. The lowest BCUT2D eigenvalue weighted by atomic mass is 9.33. The first-order chi connectivity index (χ1) is 29.9. The van der Waals surface area contributed by atoms with E-state index in [0.717, 1.165) is 59.6 Å². The Morgan fingerprint density at radius 1 is 0.500 bits per heavy atom. The van der Waals surface area contributed by atoms with Crippen molar-refractivity contribution in [2.45, 2.75) is 155 Å². The van der Waals surface area contributed by atoms with E-state index in [4.69, 9.17) is 9.97 Å². The summed E-state index contributed by atoms with van der Waals surface area (Å²) in [5.41, 5.74) is 17.8. The monoisotopic (exact) mass is 849 g/mol. The van der Waals surface area contributed by atoms with Crippen LogP contribution in [0.25, 0.3) is 11.4 Å². The quantitative estimate of drug-likeness (QED) is 0.166. The van der Waals surface area contributed by atoms with Gasteiger partial charge in [-0.1, -0.05) is 127 Å². The van der Waals surface area contributed by atoms with Gasteiger partial charge in [0.25, 0.3) is 6.71 Å². The van der Waals surface area contributed by atoms with E-state index >= 15 is 4.39 Å². The lowest BCUT2D eigenvalue weighted by Gasteiger charge is -2.47. The number of anilines is 6. The van der Waals surface area contributed by atoms with Crippen LogP contribution in [-0.4, -0.2) is 16.7 Å². The van der Waals surface area contributed by atoms with E-state index in [1.807, 2.05) is 24.5 Å². The highest BCUT2D eigenvalue weighted by atomic mass is 19.1. The van der Waals surface area contributed by atoms with Crippen LogP contribution >= 0.6 is 0 Å². The Morgan fingerprint density at radius 3 is 1.50 bits per heavy atom. The minimum atomic E-state index is -0.201. The average Bonchev–Trinajstić information content (AvgIpc) is 3.23. The minimum Gasteiger partial charge on any atom is -0.311 e. The second-order valence-corrected chi connectivity index (χ2v) is 24.3. The van der Waals surface area contributed by atoms with Crippen LogP contribution in [0.4, 0.5) is 38.5 Å². The van der Waals surface area contributed by atoms with Crippen molar-refractivity contribution in [1.82, 2.24) is 9.97 Å². The molecule has 2 aliphatic carbocycles. The molecule has 0 N–H and O–H groups in total. The Hall–Kier alpha value is -5.23. The molecule has 1 aromatic heterocycles. The van der Waals surface area contributed by atoms with E-state index in [-0.39, 0.29) is 45.0 Å². The molecule has 0 unspecified atom stereocenters. The number of halogens is 1. The maximum atomic E-state index is 17.8. The van der Waals surface area contributed by atoms with Gasteiger partial charge in [-0.3, -0.25) is 0 Å². The minimum absolute atomic E-state index is 0.0151. The second kappa shape index (κ2) is 13.9. The molecule has 64 heavy (non-hydrogen) atoms. The Morgan fingerprint density at radius 2 is 0.969 bits per heavy atom. The fraction of sp³-hybridized carbons (Fsp3) is 0.414. The third-order valence-electron chi connectivity index (χ3n) is 15.9. The number of aromatic nitrogens is 2. The van der Waals surface area contributed by atoms with Gasteiger partial charge in [0.1, 0.15) is 5.82 Å². The Bertz CT molecular complexity index is 2890. The average molecular weight is 849 g/mol. The number of benzene rings is 5. The number of fused-ring (bicyclic) bond motifs is 6. The van der Waals surface area contributed by atoms with Gasteiger partial charge in [-0.15, -0.1) is 0 Å². The Labute approximate surface area is 382 Å². The lowest BCUT2D eigenvalue weighted by molar-refractivity contribution is 0.330. The molecule has 2 aliphatic heterocycles. The highest BCUT2D eigenvalue weighted by molar-refractivity contribution is 7.00. The van der Waals surface area contributed by atoms with Crippen molar-refractivity contribution in [3.63, 3.8) is 0 Å². The van der Waals surface area contributed by atoms with E-state index < -0.39 is 0 Å². The molecule has 6 aromatic rings. The topological polar surface area (TPSA) is 32.3 Å². The number of hydrogen-bond acceptors (Lipinski definition) is 4. The van der Waals surface area contributed by atoms with E-state index in [1.165, 1.54) is 49.9 Å². The van der Waals surface area contributed by atoms with Gasteiger partial charge in [-0.05, 0) is 163 Å². The Balaban J connectivity index is 1.35. The first-order valence-corrected chi connectivity index (χ1v) is 23.7. The van der Waals surface area contributed by atoms with E-state index in [2.05, 4.69) is 180 Å². The highest BCUT2D eigenvalue weighted by Crippen LogP contribution is 2.53. The molecule has 3 heterocycles. The van der Waals surface area contributed by atoms with Crippen LogP contribution in [-0.2, 0) is 32.5 Å². The molecule has 6 heteroatoms. The maximum Gasteiger partial charge on any atom is 0.252 e. The first-order valence-electron chi connectivity index (χ1n) is 23.7.